The molecule has 0 radical (unpaired) electrons. The fourth-order valence-corrected chi connectivity index (χ4v) is 2.03. The van der Waals surface area contributed by atoms with Gasteiger partial charge in [-0.05, 0) is 25.3 Å². The molecule has 2 N–H and O–H groups in total. The molecule has 1 atom stereocenters. The van der Waals surface area contributed by atoms with Gasteiger partial charge in [0.1, 0.15) is 0 Å². The van der Waals surface area contributed by atoms with Crippen LogP contribution < -0.4 is 10.6 Å². The van der Waals surface area contributed by atoms with Gasteiger partial charge in [-0.1, -0.05) is 30.3 Å². The quantitative estimate of drug-likeness (QED) is 0.884. The molecule has 1 fully saturated rings. The van der Waals surface area contributed by atoms with Crippen molar-refractivity contribution < 1.29 is 4.79 Å². The molecule has 1 amide bonds. The molecule has 5 nitrogen and oxygen atoms in total. The van der Waals surface area contributed by atoms with E-state index >= 15 is 0 Å². The maximum absolute atomic E-state index is 11.8. The van der Waals surface area contributed by atoms with Gasteiger partial charge in [0.05, 0.1) is 11.6 Å². The summed E-state index contributed by atoms with van der Waals surface area (Å²) >= 11 is 0. The monoisotopic (exact) mass is 282 g/mol. The molecule has 0 bridgehead atoms. The van der Waals surface area contributed by atoms with Crippen LogP contribution in [-0.2, 0) is 0 Å². The Labute approximate surface area is 123 Å². The van der Waals surface area contributed by atoms with E-state index in [9.17, 15) is 4.79 Å². The van der Waals surface area contributed by atoms with Gasteiger partial charge in [-0.3, -0.25) is 4.79 Å². The zero-order valence-corrected chi connectivity index (χ0v) is 11.9. The lowest BCUT2D eigenvalue weighted by molar-refractivity contribution is 0.0950. The van der Waals surface area contributed by atoms with Gasteiger partial charge in [-0.2, -0.15) is 0 Å². The number of rotatable bonds is 5. The lowest BCUT2D eigenvalue weighted by Gasteiger charge is -2.14. The van der Waals surface area contributed by atoms with Crippen LogP contribution in [0.5, 0.6) is 0 Å². The molecule has 21 heavy (non-hydrogen) atoms. The Morgan fingerprint density at radius 2 is 1.86 bits per heavy atom. The van der Waals surface area contributed by atoms with Crippen LogP contribution in [0.15, 0.2) is 42.7 Å². The lowest BCUT2D eigenvalue weighted by atomic mass is 10.1. The smallest absolute Gasteiger partial charge is 0.254 e. The number of carbonyl (C=O) groups is 1. The first-order valence-electron chi connectivity index (χ1n) is 7.17. The van der Waals surface area contributed by atoms with Crippen LogP contribution in [0.4, 0.5) is 5.95 Å². The summed E-state index contributed by atoms with van der Waals surface area (Å²) in [6.07, 6.45) is 5.26. The van der Waals surface area contributed by atoms with Gasteiger partial charge in [-0.15, -0.1) is 0 Å². The van der Waals surface area contributed by atoms with E-state index in [1.165, 1.54) is 0 Å². The maximum atomic E-state index is 11.8. The number of nitrogens with zero attached hydrogens (tertiary/aromatic N) is 2. The summed E-state index contributed by atoms with van der Waals surface area (Å²) in [7, 11) is 0. The minimum Gasteiger partial charge on any atom is -0.349 e. The number of carbonyl (C=O) groups excluding carboxylic acids is 1. The molecule has 108 valence electrons. The third-order valence-electron chi connectivity index (χ3n) is 3.47. The van der Waals surface area contributed by atoms with Crippen molar-refractivity contribution in [3.63, 3.8) is 0 Å². The van der Waals surface area contributed by atoms with Crippen molar-refractivity contribution in [2.75, 3.05) is 5.32 Å². The highest BCUT2D eigenvalue weighted by atomic mass is 16.1. The standard InChI is InChI=1S/C16H18N4O/c1-11(12-5-3-2-4-6-12)19-16-17-9-13(10-18-16)15(21)20-14-7-8-14/h2-6,9-11,14H,7-8H2,1H3,(H,20,21)(H,17,18,19). The second kappa shape index (κ2) is 5.91. The molecule has 1 aromatic heterocycles. The number of hydrogen-bond acceptors (Lipinski definition) is 4. The Balaban J connectivity index is 1.62. The van der Waals surface area contributed by atoms with Crippen molar-refractivity contribution in [3.05, 3.63) is 53.9 Å². The zero-order valence-electron chi connectivity index (χ0n) is 11.9. The Morgan fingerprint density at radius 3 is 2.48 bits per heavy atom. The molecule has 1 aliphatic carbocycles. The minimum absolute atomic E-state index is 0.0971. The maximum Gasteiger partial charge on any atom is 0.254 e. The highest BCUT2D eigenvalue weighted by Gasteiger charge is 2.24. The van der Waals surface area contributed by atoms with Crippen LogP contribution in [0.25, 0.3) is 0 Å². The largest absolute Gasteiger partial charge is 0.349 e. The Kier molecular flexibility index (Phi) is 3.81. The molecule has 1 heterocycles. The number of anilines is 1. The molecular formula is C16H18N4O. The number of amides is 1. The molecule has 2 aromatic rings. The van der Waals surface area contributed by atoms with E-state index in [0.717, 1.165) is 18.4 Å². The number of aromatic nitrogens is 2. The van der Waals surface area contributed by atoms with Crippen molar-refractivity contribution in [2.24, 2.45) is 0 Å². The lowest BCUT2D eigenvalue weighted by Crippen LogP contribution is -2.25. The minimum atomic E-state index is -0.0971. The Bertz CT molecular complexity index is 608. The number of nitrogens with one attached hydrogen (secondary N) is 2. The SMILES string of the molecule is CC(Nc1ncc(C(=O)NC2CC2)cn1)c1ccccc1. The first-order chi connectivity index (χ1) is 10.2. The van der Waals surface area contributed by atoms with E-state index < -0.39 is 0 Å². The average molecular weight is 282 g/mol. The molecule has 3 rings (SSSR count). The summed E-state index contributed by atoms with van der Waals surface area (Å²) in [4.78, 5) is 20.3. The third kappa shape index (κ3) is 3.56. The van der Waals surface area contributed by atoms with E-state index in [4.69, 9.17) is 0 Å². The van der Waals surface area contributed by atoms with Gasteiger partial charge in [-0.25, -0.2) is 9.97 Å². The Morgan fingerprint density at radius 1 is 1.19 bits per heavy atom. The molecule has 5 heteroatoms. The van der Waals surface area contributed by atoms with Gasteiger partial charge in [0, 0.05) is 18.4 Å². The summed E-state index contributed by atoms with van der Waals surface area (Å²) < 4.78 is 0. The van der Waals surface area contributed by atoms with Crippen LogP contribution in [0, 0.1) is 0 Å². The van der Waals surface area contributed by atoms with Crippen molar-refractivity contribution in [1.82, 2.24) is 15.3 Å². The highest BCUT2D eigenvalue weighted by Crippen LogP contribution is 2.19. The molecule has 1 aromatic carbocycles. The summed E-state index contributed by atoms with van der Waals surface area (Å²) in [6.45, 7) is 2.05. The van der Waals surface area contributed by atoms with Crippen molar-refractivity contribution >= 4 is 11.9 Å². The molecular weight excluding hydrogens is 264 g/mol. The van der Waals surface area contributed by atoms with Gasteiger partial charge < -0.3 is 10.6 Å². The molecule has 1 saturated carbocycles. The van der Waals surface area contributed by atoms with Crippen LogP contribution in [0.1, 0.15) is 41.7 Å². The fourth-order valence-electron chi connectivity index (χ4n) is 2.03. The van der Waals surface area contributed by atoms with Crippen molar-refractivity contribution in [3.8, 4) is 0 Å². The number of benzene rings is 1. The topological polar surface area (TPSA) is 66.9 Å². The molecule has 1 unspecified atom stereocenters. The molecule has 0 spiro atoms. The highest BCUT2D eigenvalue weighted by molar-refractivity contribution is 5.94. The van der Waals surface area contributed by atoms with Crippen LogP contribution >= 0.6 is 0 Å². The van der Waals surface area contributed by atoms with Crippen LogP contribution in [0.3, 0.4) is 0 Å². The van der Waals surface area contributed by atoms with Crippen LogP contribution in [0.2, 0.25) is 0 Å². The van der Waals surface area contributed by atoms with E-state index in [1.54, 1.807) is 12.4 Å². The van der Waals surface area contributed by atoms with E-state index in [0.29, 0.717) is 17.6 Å². The molecule has 0 saturated heterocycles. The van der Waals surface area contributed by atoms with E-state index in [1.807, 2.05) is 25.1 Å². The normalized spacial score (nSPS) is 15.3. The molecule has 0 aliphatic heterocycles. The van der Waals surface area contributed by atoms with Gasteiger partial charge in [0.25, 0.3) is 5.91 Å². The van der Waals surface area contributed by atoms with Crippen LogP contribution in [-0.4, -0.2) is 21.9 Å². The summed E-state index contributed by atoms with van der Waals surface area (Å²) in [6, 6.07) is 10.5. The van der Waals surface area contributed by atoms with E-state index in [2.05, 4.69) is 32.7 Å². The summed E-state index contributed by atoms with van der Waals surface area (Å²) in [5.74, 6) is 0.425. The van der Waals surface area contributed by atoms with Crippen molar-refractivity contribution in [2.45, 2.75) is 31.8 Å². The second-order valence-electron chi connectivity index (χ2n) is 5.32. The fraction of sp³-hybridized carbons (Fsp3) is 0.312. The van der Waals surface area contributed by atoms with Gasteiger partial charge >= 0.3 is 0 Å². The third-order valence-corrected chi connectivity index (χ3v) is 3.47. The van der Waals surface area contributed by atoms with Crippen molar-refractivity contribution in [1.29, 1.82) is 0 Å². The predicted octanol–water partition coefficient (Wildman–Crippen LogP) is 2.54. The van der Waals surface area contributed by atoms with E-state index in [-0.39, 0.29) is 11.9 Å². The van der Waals surface area contributed by atoms with Gasteiger partial charge in [0.15, 0.2) is 0 Å². The Hall–Kier alpha value is -2.43. The average Bonchev–Trinajstić information content (AvgIpc) is 3.33. The second-order valence-corrected chi connectivity index (χ2v) is 5.32. The summed E-state index contributed by atoms with van der Waals surface area (Å²) in [5, 5.41) is 6.14. The number of hydrogen-bond donors (Lipinski definition) is 2. The zero-order chi connectivity index (χ0) is 14.7. The first kappa shape index (κ1) is 13.5. The first-order valence-corrected chi connectivity index (χ1v) is 7.17. The molecule has 1 aliphatic rings. The predicted molar refractivity (Wildman–Crippen MR) is 81.0 cm³/mol. The van der Waals surface area contributed by atoms with Gasteiger partial charge in [0.2, 0.25) is 5.95 Å². The summed E-state index contributed by atoms with van der Waals surface area (Å²) in [5.41, 5.74) is 1.66.